The van der Waals surface area contributed by atoms with Gasteiger partial charge in [-0.25, -0.2) is 15.0 Å². The normalized spacial score (nSPS) is 11.9. The second-order valence-electron chi connectivity index (χ2n) is 12.8. The van der Waals surface area contributed by atoms with Gasteiger partial charge < -0.3 is 4.57 Å². The molecule has 0 N–H and O–H groups in total. The van der Waals surface area contributed by atoms with E-state index in [0.29, 0.717) is 17.5 Å². The van der Waals surface area contributed by atoms with Crippen LogP contribution in [0.3, 0.4) is 0 Å². The summed E-state index contributed by atoms with van der Waals surface area (Å²) < 4.78 is 7.42. The Bertz CT molecular complexity index is 3150. The van der Waals surface area contributed by atoms with Gasteiger partial charge in [0, 0.05) is 73.5 Å². The third kappa shape index (κ3) is 4.47. The van der Waals surface area contributed by atoms with Crippen molar-refractivity contribution in [2.24, 2.45) is 0 Å². The second kappa shape index (κ2) is 11.2. The van der Waals surface area contributed by atoms with Crippen molar-refractivity contribution in [2.75, 3.05) is 0 Å². The molecule has 0 fully saturated rings. The molecule has 0 saturated carbocycles. The molecule has 0 atom stereocenters. The van der Waals surface area contributed by atoms with Crippen LogP contribution in [-0.4, -0.2) is 19.5 Å². The van der Waals surface area contributed by atoms with Crippen molar-refractivity contribution in [3.8, 4) is 39.9 Å². The van der Waals surface area contributed by atoms with Crippen LogP contribution in [0.4, 0.5) is 0 Å². The summed E-state index contributed by atoms with van der Waals surface area (Å²) in [5, 5.41) is 7.45. The Morgan fingerprint density at radius 2 is 1.00 bits per heavy atom. The lowest BCUT2D eigenvalue weighted by Gasteiger charge is -2.11. The molecule has 7 aromatic carbocycles. The predicted octanol–water partition coefficient (Wildman–Crippen LogP) is 12.7. The molecule has 0 aliphatic heterocycles. The lowest BCUT2D eigenvalue weighted by molar-refractivity contribution is 1.08. The number of thiophene rings is 2. The number of fused-ring (bicyclic) bond motifs is 9. The molecule has 0 spiro atoms. The van der Waals surface area contributed by atoms with Crippen molar-refractivity contribution < 1.29 is 0 Å². The number of nitrogens with zero attached hydrogens (tertiary/aromatic N) is 4. The Kier molecular flexibility index (Phi) is 6.26. The molecule has 0 radical (unpaired) electrons. The quantitative estimate of drug-likeness (QED) is 0.185. The molecular formula is C45H26N4S2. The van der Waals surface area contributed by atoms with E-state index in [4.69, 9.17) is 15.0 Å². The SMILES string of the molecule is c1ccc(-c2nc(-c3ccc4c5ccccc5n(-c5ccc6sc7ccccc7c6c5)c4c3)nc(-c3cccc4c3sc3ccccc34)n2)cc1. The molecule has 0 amide bonds. The molecule has 51 heavy (non-hydrogen) atoms. The van der Waals surface area contributed by atoms with Gasteiger partial charge in [-0.2, -0.15) is 0 Å². The third-order valence-corrected chi connectivity index (χ3v) is 12.2. The van der Waals surface area contributed by atoms with Crippen LogP contribution in [0.1, 0.15) is 0 Å². The van der Waals surface area contributed by atoms with Gasteiger partial charge in [-0.15, -0.1) is 22.7 Å². The molecule has 0 bridgehead atoms. The molecule has 6 heteroatoms. The zero-order chi connectivity index (χ0) is 33.5. The molecule has 11 aromatic rings. The van der Waals surface area contributed by atoms with Gasteiger partial charge >= 0.3 is 0 Å². The summed E-state index contributed by atoms with van der Waals surface area (Å²) in [6.45, 7) is 0. The van der Waals surface area contributed by atoms with Crippen LogP contribution in [0.5, 0.6) is 0 Å². The minimum absolute atomic E-state index is 0.648. The van der Waals surface area contributed by atoms with E-state index in [1.165, 1.54) is 56.6 Å². The number of aromatic nitrogens is 4. The summed E-state index contributed by atoms with van der Waals surface area (Å²) in [5.41, 5.74) is 6.33. The number of para-hydroxylation sites is 1. The van der Waals surface area contributed by atoms with Crippen LogP contribution in [0.25, 0.3) is 102 Å². The number of hydrogen-bond acceptors (Lipinski definition) is 5. The molecule has 0 saturated heterocycles. The zero-order valence-corrected chi connectivity index (χ0v) is 28.7. The van der Waals surface area contributed by atoms with Gasteiger partial charge in [0.25, 0.3) is 0 Å². The predicted molar refractivity (Wildman–Crippen MR) is 216 cm³/mol. The van der Waals surface area contributed by atoms with Crippen LogP contribution in [0, 0.1) is 0 Å². The second-order valence-corrected chi connectivity index (χ2v) is 15.0. The van der Waals surface area contributed by atoms with E-state index in [1.807, 2.05) is 29.5 Å². The highest BCUT2D eigenvalue weighted by Crippen LogP contribution is 2.41. The van der Waals surface area contributed by atoms with E-state index in [1.54, 1.807) is 11.3 Å². The van der Waals surface area contributed by atoms with Crippen molar-refractivity contribution in [1.82, 2.24) is 19.5 Å². The van der Waals surface area contributed by atoms with Crippen LogP contribution in [0.15, 0.2) is 158 Å². The summed E-state index contributed by atoms with van der Waals surface area (Å²) >= 11 is 3.63. The van der Waals surface area contributed by atoms with E-state index in [2.05, 4.69) is 144 Å². The maximum atomic E-state index is 5.23. The lowest BCUT2D eigenvalue weighted by atomic mass is 10.1. The van der Waals surface area contributed by atoms with Crippen molar-refractivity contribution in [3.05, 3.63) is 158 Å². The van der Waals surface area contributed by atoms with Gasteiger partial charge in [0.15, 0.2) is 17.5 Å². The van der Waals surface area contributed by atoms with Crippen molar-refractivity contribution in [1.29, 1.82) is 0 Å². The Balaban J connectivity index is 1.15. The average molecular weight is 687 g/mol. The summed E-state index contributed by atoms with van der Waals surface area (Å²) in [5.74, 6) is 1.98. The molecule has 0 aliphatic carbocycles. The molecule has 4 aromatic heterocycles. The monoisotopic (exact) mass is 686 g/mol. The van der Waals surface area contributed by atoms with Gasteiger partial charge in [0.05, 0.1) is 11.0 Å². The van der Waals surface area contributed by atoms with E-state index >= 15 is 0 Å². The van der Waals surface area contributed by atoms with Crippen molar-refractivity contribution in [3.63, 3.8) is 0 Å². The van der Waals surface area contributed by atoms with Gasteiger partial charge in [0.1, 0.15) is 0 Å². The lowest BCUT2D eigenvalue weighted by Crippen LogP contribution is -2.00. The Morgan fingerprint density at radius 3 is 1.84 bits per heavy atom. The van der Waals surface area contributed by atoms with Gasteiger partial charge in [-0.05, 0) is 48.5 Å². The topological polar surface area (TPSA) is 43.6 Å². The molecule has 0 aliphatic rings. The standard InChI is InChI=1S/C45H26N4S2/c1-2-11-27(12-3-1)43-46-44(48-45(47-43)35-17-10-16-34-32-14-5-9-20-40(32)51-42(34)35)28-21-23-31-30-13-4-7-18-37(30)49(38(31)25-28)29-22-24-41-36(26-29)33-15-6-8-19-39(33)50-41/h1-26H. The fourth-order valence-corrected chi connectivity index (χ4v) is 9.80. The van der Waals surface area contributed by atoms with Crippen LogP contribution in [0.2, 0.25) is 0 Å². The first-order chi connectivity index (χ1) is 25.3. The van der Waals surface area contributed by atoms with E-state index in [0.717, 1.165) is 27.9 Å². The van der Waals surface area contributed by atoms with Crippen molar-refractivity contribution in [2.45, 2.75) is 0 Å². The maximum Gasteiger partial charge on any atom is 0.165 e. The highest BCUT2D eigenvalue weighted by molar-refractivity contribution is 7.26. The minimum atomic E-state index is 0.648. The van der Waals surface area contributed by atoms with E-state index in [-0.39, 0.29) is 0 Å². The number of benzene rings is 7. The fraction of sp³-hybridized carbons (Fsp3) is 0. The Morgan fingerprint density at radius 1 is 0.373 bits per heavy atom. The van der Waals surface area contributed by atoms with Gasteiger partial charge in [-0.3, -0.25) is 0 Å². The van der Waals surface area contributed by atoms with E-state index in [9.17, 15) is 0 Å². The summed E-state index contributed by atoms with van der Waals surface area (Å²) in [6.07, 6.45) is 0. The van der Waals surface area contributed by atoms with Crippen LogP contribution < -0.4 is 0 Å². The van der Waals surface area contributed by atoms with Crippen LogP contribution in [-0.2, 0) is 0 Å². The maximum absolute atomic E-state index is 5.23. The largest absolute Gasteiger partial charge is 0.309 e. The molecular weight excluding hydrogens is 661 g/mol. The Hall–Kier alpha value is -6.21. The van der Waals surface area contributed by atoms with Gasteiger partial charge in [-0.1, -0.05) is 109 Å². The highest BCUT2D eigenvalue weighted by atomic mass is 32.1. The molecule has 4 heterocycles. The molecule has 0 unspecified atom stereocenters. The summed E-state index contributed by atoms with van der Waals surface area (Å²) in [4.78, 5) is 15.5. The number of rotatable bonds is 4. The van der Waals surface area contributed by atoms with Gasteiger partial charge in [0.2, 0.25) is 0 Å². The average Bonchev–Trinajstić information content (AvgIpc) is 3.87. The molecule has 4 nitrogen and oxygen atoms in total. The first kappa shape index (κ1) is 28.6. The highest BCUT2D eigenvalue weighted by Gasteiger charge is 2.19. The summed E-state index contributed by atoms with van der Waals surface area (Å²) in [6, 6.07) is 56.1. The minimum Gasteiger partial charge on any atom is -0.309 e. The Labute approximate surface area is 300 Å². The van der Waals surface area contributed by atoms with Crippen LogP contribution >= 0.6 is 22.7 Å². The first-order valence-electron chi connectivity index (χ1n) is 16.9. The smallest absolute Gasteiger partial charge is 0.165 e. The zero-order valence-electron chi connectivity index (χ0n) is 27.1. The third-order valence-electron chi connectivity index (χ3n) is 9.86. The van der Waals surface area contributed by atoms with E-state index < -0.39 is 0 Å². The molecule has 238 valence electrons. The van der Waals surface area contributed by atoms with Crippen molar-refractivity contribution >= 4 is 84.8 Å². The molecule has 11 rings (SSSR count). The first-order valence-corrected chi connectivity index (χ1v) is 18.6. The number of hydrogen-bond donors (Lipinski definition) is 0. The fourth-order valence-electron chi connectivity index (χ4n) is 7.51. The summed E-state index contributed by atoms with van der Waals surface area (Å²) in [7, 11) is 0.